The maximum atomic E-state index is 13.6. The molecule has 0 atom stereocenters. The van der Waals surface area contributed by atoms with Crippen molar-refractivity contribution in [3.63, 3.8) is 0 Å². The second-order valence-corrected chi connectivity index (χ2v) is 5.19. The number of aromatic nitrogens is 2. The highest BCUT2D eigenvalue weighted by molar-refractivity contribution is 7.71. The monoisotopic (exact) mass is 279 g/mol. The number of halogens is 1. The summed E-state index contributed by atoms with van der Waals surface area (Å²) in [5, 5.41) is 2.92. The van der Waals surface area contributed by atoms with Gasteiger partial charge in [-0.05, 0) is 37.2 Å². The first-order valence-electron chi connectivity index (χ1n) is 6.31. The van der Waals surface area contributed by atoms with E-state index in [4.69, 9.17) is 12.2 Å². The Balaban J connectivity index is 1.80. The minimum Gasteiger partial charge on any atom is -0.353 e. The topological polar surface area (TPSA) is 49.8 Å². The molecule has 1 aliphatic rings. The normalized spacial score (nSPS) is 14.8. The molecule has 100 valence electrons. The number of nitrogens with one attached hydrogen (secondary N) is 2. The van der Waals surface area contributed by atoms with Crippen LogP contribution in [-0.4, -0.2) is 21.5 Å². The minimum atomic E-state index is -0.329. The molecule has 1 amide bonds. The van der Waals surface area contributed by atoms with Crippen LogP contribution >= 0.6 is 12.2 Å². The molecular weight excluding hydrogens is 265 g/mol. The van der Waals surface area contributed by atoms with Crippen LogP contribution in [0.15, 0.2) is 18.2 Å². The van der Waals surface area contributed by atoms with Crippen molar-refractivity contribution in [3.05, 3.63) is 28.8 Å². The Kier molecular flexibility index (Phi) is 3.10. The lowest BCUT2D eigenvalue weighted by molar-refractivity contribution is -0.121. The van der Waals surface area contributed by atoms with Crippen molar-refractivity contribution in [2.75, 3.05) is 0 Å². The van der Waals surface area contributed by atoms with Gasteiger partial charge in [-0.2, -0.15) is 0 Å². The number of hydrogen-bond acceptors (Lipinski definition) is 2. The molecule has 1 aromatic carbocycles. The zero-order chi connectivity index (χ0) is 13.4. The summed E-state index contributed by atoms with van der Waals surface area (Å²) in [6.45, 7) is 0.459. The number of amides is 1. The molecule has 0 unspecified atom stereocenters. The van der Waals surface area contributed by atoms with E-state index in [1.165, 1.54) is 6.07 Å². The van der Waals surface area contributed by atoms with Crippen molar-refractivity contribution in [3.8, 4) is 0 Å². The van der Waals surface area contributed by atoms with Gasteiger partial charge in [0, 0.05) is 19.0 Å². The summed E-state index contributed by atoms with van der Waals surface area (Å²) in [7, 11) is 0. The van der Waals surface area contributed by atoms with Gasteiger partial charge in [0.2, 0.25) is 5.91 Å². The SMILES string of the molecule is O=C(CCn1c(=S)[nH]c2c(F)cccc21)NC1CC1. The first-order valence-corrected chi connectivity index (χ1v) is 6.72. The number of fused-ring (bicyclic) bond motifs is 1. The smallest absolute Gasteiger partial charge is 0.222 e. The van der Waals surface area contributed by atoms with Crippen LogP contribution in [0.3, 0.4) is 0 Å². The Bertz CT molecular complexity index is 687. The van der Waals surface area contributed by atoms with Gasteiger partial charge in [-0.3, -0.25) is 4.79 Å². The number of carbonyl (C=O) groups excluding carboxylic acids is 1. The maximum absolute atomic E-state index is 13.6. The summed E-state index contributed by atoms with van der Waals surface area (Å²) >= 11 is 5.17. The lowest BCUT2D eigenvalue weighted by atomic mass is 10.3. The average molecular weight is 279 g/mol. The van der Waals surface area contributed by atoms with Crippen molar-refractivity contribution in [2.24, 2.45) is 0 Å². The molecule has 2 aromatic rings. The number of nitrogens with zero attached hydrogens (tertiary/aromatic N) is 1. The van der Waals surface area contributed by atoms with Crippen LogP contribution in [0.5, 0.6) is 0 Å². The standard InChI is InChI=1S/C13H14FN3OS/c14-9-2-1-3-10-12(9)16-13(19)17(10)7-6-11(18)15-8-4-5-8/h1-3,8H,4-7H2,(H,15,18)(H,16,19). The molecule has 0 radical (unpaired) electrons. The number of aromatic amines is 1. The molecule has 0 bridgehead atoms. The third-order valence-electron chi connectivity index (χ3n) is 3.26. The Morgan fingerprint density at radius 2 is 2.32 bits per heavy atom. The molecule has 19 heavy (non-hydrogen) atoms. The first kappa shape index (κ1) is 12.3. The highest BCUT2D eigenvalue weighted by Gasteiger charge is 2.23. The van der Waals surface area contributed by atoms with Crippen molar-refractivity contribution < 1.29 is 9.18 Å². The predicted molar refractivity (Wildman–Crippen MR) is 72.9 cm³/mol. The molecule has 4 nitrogen and oxygen atoms in total. The van der Waals surface area contributed by atoms with Crippen molar-refractivity contribution in [1.29, 1.82) is 0 Å². The Labute approximate surface area is 114 Å². The van der Waals surface area contributed by atoms with E-state index in [9.17, 15) is 9.18 Å². The van der Waals surface area contributed by atoms with E-state index in [-0.39, 0.29) is 11.7 Å². The summed E-state index contributed by atoms with van der Waals surface area (Å²) in [5.74, 6) is -0.306. The third kappa shape index (κ3) is 2.53. The number of para-hydroxylation sites is 1. The number of aryl methyl sites for hydroxylation is 1. The summed E-state index contributed by atoms with van der Waals surface area (Å²) in [6, 6.07) is 5.18. The number of rotatable bonds is 4. The Morgan fingerprint density at radius 3 is 3.05 bits per heavy atom. The molecule has 3 rings (SSSR count). The number of benzene rings is 1. The molecule has 0 aliphatic heterocycles. The fourth-order valence-electron chi connectivity index (χ4n) is 2.11. The highest BCUT2D eigenvalue weighted by Crippen LogP contribution is 2.19. The predicted octanol–water partition coefficient (Wildman–Crippen LogP) is 2.51. The summed E-state index contributed by atoms with van der Waals surface area (Å²) in [5.41, 5.74) is 1.10. The van der Waals surface area contributed by atoms with Gasteiger partial charge in [0.15, 0.2) is 4.77 Å². The Hall–Kier alpha value is -1.69. The van der Waals surface area contributed by atoms with Crippen LogP contribution in [0.1, 0.15) is 19.3 Å². The van der Waals surface area contributed by atoms with E-state index in [0.29, 0.717) is 34.8 Å². The van der Waals surface area contributed by atoms with Gasteiger partial charge in [-0.1, -0.05) is 6.07 Å². The van der Waals surface area contributed by atoms with Crippen LogP contribution in [0, 0.1) is 10.6 Å². The molecule has 0 spiro atoms. The molecule has 2 N–H and O–H groups in total. The van der Waals surface area contributed by atoms with Crippen LogP contribution in [0.2, 0.25) is 0 Å². The largest absolute Gasteiger partial charge is 0.353 e. The van der Waals surface area contributed by atoms with E-state index in [0.717, 1.165) is 12.8 Å². The van der Waals surface area contributed by atoms with E-state index in [2.05, 4.69) is 10.3 Å². The fourth-order valence-corrected chi connectivity index (χ4v) is 2.40. The summed E-state index contributed by atoms with van der Waals surface area (Å²) in [4.78, 5) is 14.5. The lowest BCUT2D eigenvalue weighted by Gasteiger charge is -2.05. The van der Waals surface area contributed by atoms with E-state index in [1.807, 2.05) is 0 Å². The molecule has 1 aliphatic carbocycles. The molecule has 1 saturated carbocycles. The number of carbonyl (C=O) groups is 1. The van der Waals surface area contributed by atoms with Crippen LogP contribution in [0.4, 0.5) is 4.39 Å². The maximum Gasteiger partial charge on any atom is 0.222 e. The van der Waals surface area contributed by atoms with Crippen LogP contribution in [0.25, 0.3) is 11.0 Å². The average Bonchev–Trinajstić information content (AvgIpc) is 3.11. The second-order valence-electron chi connectivity index (χ2n) is 4.81. The summed E-state index contributed by atoms with van der Waals surface area (Å²) < 4.78 is 15.8. The van der Waals surface area contributed by atoms with Crippen molar-refractivity contribution >= 4 is 29.2 Å². The van der Waals surface area contributed by atoms with Gasteiger partial charge in [0.25, 0.3) is 0 Å². The number of H-pyrrole nitrogens is 1. The zero-order valence-electron chi connectivity index (χ0n) is 10.3. The van der Waals surface area contributed by atoms with Gasteiger partial charge in [-0.25, -0.2) is 4.39 Å². The molecule has 1 fully saturated rings. The third-order valence-corrected chi connectivity index (χ3v) is 3.59. The van der Waals surface area contributed by atoms with Crippen molar-refractivity contribution in [2.45, 2.75) is 31.8 Å². The van der Waals surface area contributed by atoms with E-state index >= 15 is 0 Å². The highest BCUT2D eigenvalue weighted by atomic mass is 32.1. The minimum absolute atomic E-state index is 0.0233. The molecule has 1 aromatic heterocycles. The molecule has 6 heteroatoms. The van der Waals surface area contributed by atoms with Crippen molar-refractivity contribution in [1.82, 2.24) is 14.9 Å². The molecular formula is C13H14FN3OS. The first-order chi connectivity index (χ1) is 9.15. The lowest BCUT2D eigenvalue weighted by Crippen LogP contribution is -2.26. The number of imidazole rings is 1. The van der Waals surface area contributed by atoms with Gasteiger partial charge < -0.3 is 14.9 Å². The van der Waals surface area contributed by atoms with Crippen LogP contribution in [-0.2, 0) is 11.3 Å². The zero-order valence-corrected chi connectivity index (χ0v) is 11.1. The number of hydrogen-bond donors (Lipinski definition) is 2. The van der Waals surface area contributed by atoms with E-state index in [1.54, 1.807) is 16.7 Å². The van der Waals surface area contributed by atoms with Gasteiger partial charge in [-0.15, -0.1) is 0 Å². The molecule has 0 saturated heterocycles. The van der Waals surface area contributed by atoms with Gasteiger partial charge in [0.05, 0.1) is 5.52 Å². The van der Waals surface area contributed by atoms with E-state index < -0.39 is 0 Å². The quantitative estimate of drug-likeness (QED) is 0.845. The van der Waals surface area contributed by atoms with Gasteiger partial charge in [0.1, 0.15) is 11.3 Å². The Morgan fingerprint density at radius 1 is 1.53 bits per heavy atom. The molecule has 1 heterocycles. The second kappa shape index (κ2) is 4.77. The van der Waals surface area contributed by atoms with Gasteiger partial charge >= 0.3 is 0 Å². The summed E-state index contributed by atoms with van der Waals surface area (Å²) in [6.07, 6.45) is 2.50. The van der Waals surface area contributed by atoms with Crippen LogP contribution < -0.4 is 5.32 Å². The fraction of sp³-hybridized carbons (Fsp3) is 0.385.